The van der Waals surface area contributed by atoms with E-state index < -0.39 is 29.6 Å². The zero-order valence-electron chi connectivity index (χ0n) is 11.1. The van der Waals surface area contributed by atoms with E-state index >= 15 is 0 Å². The summed E-state index contributed by atoms with van der Waals surface area (Å²) in [7, 11) is 1.21. The number of hydrogen-bond donors (Lipinski definition) is 1. The second-order valence-corrected chi connectivity index (χ2v) is 4.15. The zero-order valence-corrected chi connectivity index (χ0v) is 11.1. The molecule has 0 heterocycles. The molecule has 7 heteroatoms. The van der Waals surface area contributed by atoms with E-state index in [1.165, 1.54) is 13.2 Å². The van der Waals surface area contributed by atoms with Gasteiger partial charge in [0.2, 0.25) is 0 Å². The van der Waals surface area contributed by atoms with Crippen molar-refractivity contribution in [3.05, 3.63) is 35.1 Å². The van der Waals surface area contributed by atoms with Crippen LogP contribution in [0.5, 0.6) is 0 Å². The summed E-state index contributed by atoms with van der Waals surface area (Å²) in [6, 6.07) is 2.31. The topological polar surface area (TPSA) is 38.3 Å². The lowest BCUT2D eigenvalue weighted by molar-refractivity contribution is -0.141. The van der Waals surface area contributed by atoms with Gasteiger partial charge in [0.25, 0.3) is 0 Å². The van der Waals surface area contributed by atoms with Crippen molar-refractivity contribution in [2.45, 2.75) is 25.6 Å². The number of halogens is 4. The van der Waals surface area contributed by atoms with E-state index in [4.69, 9.17) is 0 Å². The van der Waals surface area contributed by atoms with Gasteiger partial charge in [0, 0.05) is 6.04 Å². The first-order valence-corrected chi connectivity index (χ1v) is 5.96. The Morgan fingerprint density at radius 2 is 2.05 bits per heavy atom. The lowest BCUT2D eigenvalue weighted by atomic mass is 10.0. The molecule has 0 aliphatic heterocycles. The average Bonchev–Trinajstić information content (AvgIpc) is 2.39. The minimum Gasteiger partial charge on any atom is -0.468 e. The fraction of sp³-hybridized carbons (Fsp3) is 0.462. The van der Waals surface area contributed by atoms with Gasteiger partial charge < -0.3 is 10.1 Å². The van der Waals surface area contributed by atoms with Crippen molar-refractivity contribution in [1.29, 1.82) is 0 Å². The molecule has 1 aromatic carbocycles. The van der Waals surface area contributed by atoms with Crippen molar-refractivity contribution in [3.8, 4) is 0 Å². The van der Waals surface area contributed by atoms with E-state index in [1.54, 1.807) is 6.92 Å². The second kappa shape index (κ2) is 6.69. The Labute approximate surface area is 113 Å². The molecule has 1 N–H and O–H groups in total. The first-order chi connectivity index (χ1) is 9.29. The molecule has 0 radical (unpaired) electrons. The molecule has 20 heavy (non-hydrogen) atoms. The molecule has 1 unspecified atom stereocenters. The summed E-state index contributed by atoms with van der Waals surface area (Å²) >= 11 is 0. The minimum absolute atomic E-state index is 0.131. The number of benzene rings is 1. The standard InChI is InChI=1S/C13H15F4NO2/c1-3-11(18-7-12(19)20-2)8-4-5-10(14)9(6-8)13(15,16)17/h4-6,11,18H,3,7H2,1-2H3. The third kappa shape index (κ3) is 4.19. The summed E-state index contributed by atoms with van der Waals surface area (Å²) < 4.78 is 55.5. The quantitative estimate of drug-likeness (QED) is 0.670. The predicted molar refractivity (Wildman–Crippen MR) is 64.5 cm³/mol. The fourth-order valence-electron chi connectivity index (χ4n) is 1.75. The van der Waals surface area contributed by atoms with Crippen molar-refractivity contribution >= 4 is 5.97 Å². The summed E-state index contributed by atoms with van der Waals surface area (Å²) in [6.45, 7) is 1.61. The highest BCUT2D eigenvalue weighted by atomic mass is 19.4. The van der Waals surface area contributed by atoms with Crippen LogP contribution < -0.4 is 5.32 Å². The van der Waals surface area contributed by atoms with Crippen LogP contribution in [-0.4, -0.2) is 19.6 Å². The molecule has 0 aliphatic rings. The maximum Gasteiger partial charge on any atom is 0.419 e. The third-order valence-corrected chi connectivity index (χ3v) is 2.83. The van der Waals surface area contributed by atoms with Crippen LogP contribution in [0.15, 0.2) is 18.2 Å². The van der Waals surface area contributed by atoms with Gasteiger partial charge in [-0.1, -0.05) is 13.0 Å². The molecule has 3 nitrogen and oxygen atoms in total. The molecule has 0 spiro atoms. The number of esters is 1. The number of rotatable bonds is 5. The molecule has 0 aromatic heterocycles. The van der Waals surface area contributed by atoms with E-state index in [-0.39, 0.29) is 12.1 Å². The van der Waals surface area contributed by atoms with Crippen molar-refractivity contribution in [2.75, 3.05) is 13.7 Å². The molecule has 0 bridgehead atoms. The van der Waals surface area contributed by atoms with Crippen LogP contribution in [0.25, 0.3) is 0 Å². The minimum atomic E-state index is -4.75. The summed E-state index contributed by atoms with van der Waals surface area (Å²) in [5.41, 5.74) is -1.04. The summed E-state index contributed by atoms with van der Waals surface area (Å²) in [6.07, 6.45) is -4.30. The summed E-state index contributed by atoms with van der Waals surface area (Å²) in [4.78, 5) is 11.0. The van der Waals surface area contributed by atoms with Crippen molar-refractivity contribution in [2.24, 2.45) is 0 Å². The molecule has 0 aliphatic carbocycles. The number of ether oxygens (including phenoxy) is 1. The van der Waals surface area contributed by atoms with Crippen LogP contribution in [0, 0.1) is 5.82 Å². The van der Waals surface area contributed by atoms with Gasteiger partial charge in [0.1, 0.15) is 5.82 Å². The Balaban J connectivity index is 2.96. The number of carbonyl (C=O) groups is 1. The fourth-order valence-corrected chi connectivity index (χ4v) is 1.75. The highest BCUT2D eigenvalue weighted by molar-refractivity contribution is 5.71. The average molecular weight is 293 g/mol. The van der Waals surface area contributed by atoms with Crippen molar-refractivity contribution < 1.29 is 27.1 Å². The van der Waals surface area contributed by atoms with Crippen LogP contribution in [0.3, 0.4) is 0 Å². The Morgan fingerprint density at radius 1 is 1.40 bits per heavy atom. The smallest absolute Gasteiger partial charge is 0.419 e. The molecule has 0 saturated heterocycles. The SMILES string of the molecule is CCC(NCC(=O)OC)c1ccc(F)c(C(F)(F)F)c1. The number of nitrogens with one attached hydrogen (secondary N) is 1. The summed E-state index contributed by atoms with van der Waals surface area (Å²) in [5.74, 6) is -1.84. The molecule has 1 rings (SSSR count). The van der Waals surface area contributed by atoms with E-state index in [9.17, 15) is 22.4 Å². The third-order valence-electron chi connectivity index (χ3n) is 2.83. The normalized spacial score (nSPS) is 13.1. The van der Waals surface area contributed by atoms with Gasteiger partial charge in [0.05, 0.1) is 19.2 Å². The van der Waals surface area contributed by atoms with Gasteiger partial charge in [-0.15, -0.1) is 0 Å². The van der Waals surface area contributed by atoms with Gasteiger partial charge in [-0.05, 0) is 24.1 Å². The van der Waals surface area contributed by atoms with Gasteiger partial charge in [-0.25, -0.2) is 4.39 Å². The largest absolute Gasteiger partial charge is 0.468 e. The van der Waals surface area contributed by atoms with Crippen molar-refractivity contribution in [3.63, 3.8) is 0 Å². The van der Waals surface area contributed by atoms with Crippen LogP contribution in [0.1, 0.15) is 30.5 Å². The van der Waals surface area contributed by atoms with E-state index in [2.05, 4.69) is 10.1 Å². The highest BCUT2D eigenvalue weighted by Gasteiger charge is 2.34. The van der Waals surface area contributed by atoms with E-state index in [0.717, 1.165) is 12.1 Å². The van der Waals surface area contributed by atoms with Gasteiger partial charge in [0.15, 0.2) is 0 Å². The second-order valence-electron chi connectivity index (χ2n) is 4.15. The molecular formula is C13H15F4NO2. The number of carbonyl (C=O) groups excluding carboxylic acids is 1. The van der Waals surface area contributed by atoms with Crippen LogP contribution in [0.2, 0.25) is 0 Å². The molecule has 1 aromatic rings. The first kappa shape index (κ1) is 16.4. The molecule has 1 atom stereocenters. The summed E-state index contributed by atoms with van der Waals surface area (Å²) in [5, 5.41) is 2.77. The Bertz CT molecular complexity index is 474. The predicted octanol–water partition coefficient (Wildman–Crippen LogP) is 3.06. The Hall–Kier alpha value is -1.63. The van der Waals surface area contributed by atoms with E-state index in [1.807, 2.05) is 0 Å². The number of methoxy groups -OCH3 is 1. The first-order valence-electron chi connectivity index (χ1n) is 5.96. The lowest BCUT2D eigenvalue weighted by Crippen LogP contribution is -2.28. The van der Waals surface area contributed by atoms with Gasteiger partial charge >= 0.3 is 12.1 Å². The van der Waals surface area contributed by atoms with Gasteiger partial charge in [-0.2, -0.15) is 13.2 Å². The molecule has 0 fully saturated rings. The monoisotopic (exact) mass is 293 g/mol. The highest BCUT2D eigenvalue weighted by Crippen LogP contribution is 2.33. The number of hydrogen-bond acceptors (Lipinski definition) is 3. The van der Waals surface area contributed by atoms with Crippen LogP contribution in [-0.2, 0) is 15.7 Å². The zero-order chi connectivity index (χ0) is 15.3. The lowest BCUT2D eigenvalue weighted by Gasteiger charge is -2.18. The molecule has 0 saturated carbocycles. The Kier molecular flexibility index (Phi) is 5.50. The maximum atomic E-state index is 13.2. The molecule has 112 valence electrons. The number of alkyl halides is 3. The van der Waals surface area contributed by atoms with Crippen LogP contribution in [0.4, 0.5) is 17.6 Å². The molecular weight excluding hydrogens is 278 g/mol. The maximum absolute atomic E-state index is 13.2. The molecule has 0 amide bonds. The van der Waals surface area contributed by atoms with E-state index in [0.29, 0.717) is 6.42 Å². The van der Waals surface area contributed by atoms with Crippen LogP contribution >= 0.6 is 0 Å². The Morgan fingerprint density at radius 3 is 2.55 bits per heavy atom. The van der Waals surface area contributed by atoms with Crippen molar-refractivity contribution in [1.82, 2.24) is 5.32 Å². The van der Waals surface area contributed by atoms with Gasteiger partial charge in [-0.3, -0.25) is 4.79 Å².